The van der Waals surface area contributed by atoms with E-state index in [1.807, 2.05) is 18.2 Å². The Balaban J connectivity index is 0. The van der Waals surface area contributed by atoms with Gasteiger partial charge in [-0.3, -0.25) is 4.79 Å². The molecule has 0 bridgehead atoms. The Bertz CT molecular complexity index is 416. The van der Waals surface area contributed by atoms with Crippen LogP contribution >= 0.6 is 24.8 Å². The van der Waals surface area contributed by atoms with Gasteiger partial charge in [-0.25, -0.2) is 0 Å². The number of para-hydroxylation sites is 1. The maximum absolute atomic E-state index is 11.8. The van der Waals surface area contributed by atoms with Gasteiger partial charge < -0.3 is 16.0 Å². The number of benzene rings is 1. The molecule has 1 aromatic rings. The normalized spacial score (nSPS) is 11.2. The van der Waals surface area contributed by atoms with Gasteiger partial charge in [0.05, 0.1) is 6.04 Å². The number of anilines is 1. The Morgan fingerprint density at radius 1 is 1.17 bits per heavy atom. The lowest BCUT2D eigenvalue weighted by Gasteiger charge is -2.19. The van der Waals surface area contributed by atoms with E-state index in [-0.39, 0.29) is 36.8 Å². The molecule has 0 aromatic heterocycles. The highest BCUT2D eigenvalue weighted by Gasteiger charge is 2.13. The fourth-order valence-corrected chi connectivity index (χ4v) is 2.24. The number of hydrogen-bond acceptors (Lipinski definition) is 3. The van der Waals surface area contributed by atoms with E-state index in [2.05, 4.69) is 43.2 Å². The van der Waals surface area contributed by atoms with Crippen LogP contribution in [0.25, 0.3) is 0 Å². The molecule has 0 saturated carbocycles. The third-order valence-electron chi connectivity index (χ3n) is 3.48. The number of nitrogens with one attached hydrogen (secondary N) is 1. The lowest BCUT2D eigenvalue weighted by atomic mass is 10.0. The summed E-state index contributed by atoms with van der Waals surface area (Å²) in [5, 5.41) is 2.92. The van der Waals surface area contributed by atoms with Crippen LogP contribution < -0.4 is 16.0 Å². The first-order valence-electron chi connectivity index (χ1n) is 7.80. The van der Waals surface area contributed by atoms with Crippen molar-refractivity contribution in [2.45, 2.75) is 39.2 Å². The van der Waals surface area contributed by atoms with Crippen LogP contribution in [-0.4, -0.2) is 32.1 Å². The van der Waals surface area contributed by atoms with Crippen LogP contribution in [0.2, 0.25) is 0 Å². The van der Waals surface area contributed by atoms with Crippen molar-refractivity contribution < 1.29 is 4.79 Å². The zero-order valence-corrected chi connectivity index (χ0v) is 16.0. The minimum Gasteiger partial charge on any atom is -0.375 e. The van der Waals surface area contributed by atoms with Crippen LogP contribution in [-0.2, 0) is 4.79 Å². The van der Waals surface area contributed by atoms with Gasteiger partial charge in [0.1, 0.15) is 0 Å². The molecule has 0 heterocycles. The fourth-order valence-electron chi connectivity index (χ4n) is 2.24. The van der Waals surface area contributed by atoms with Crippen molar-refractivity contribution in [1.29, 1.82) is 0 Å². The molecule has 23 heavy (non-hydrogen) atoms. The lowest BCUT2D eigenvalue weighted by Crippen LogP contribution is -2.41. The number of halogens is 2. The van der Waals surface area contributed by atoms with E-state index < -0.39 is 0 Å². The van der Waals surface area contributed by atoms with Gasteiger partial charge in [0.15, 0.2) is 0 Å². The van der Waals surface area contributed by atoms with Crippen LogP contribution in [0.3, 0.4) is 0 Å². The molecule has 0 radical (unpaired) electrons. The summed E-state index contributed by atoms with van der Waals surface area (Å²) in [6, 6.07) is 9.94. The number of unbranched alkanes of at least 4 members (excludes halogenated alkanes) is 1. The summed E-state index contributed by atoms with van der Waals surface area (Å²) in [5.41, 5.74) is 7.06. The van der Waals surface area contributed by atoms with Crippen molar-refractivity contribution in [3.8, 4) is 0 Å². The summed E-state index contributed by atoms with van der Waals surface area (Å²) < 4.78 is 0. The molecule has 0 aliphatic rings. The van der Waals surface area contributed by atoms with Crippen molar-refractivity contribution in [2.24, 2.45) is 11.7 Å². The minimum atomic E-state index is -0.378. The first-order valence-corrected chi connectivity index (χ1v) is 7.80. The first kappa shape index (κ1) is 24.3. The molecule has 1 atom stereocenters. The Hall–Kier alpha value is -0.970. The van der Waals surface area contributed by atoms with Gasteiger partial charge >= 0.3 is 0 Å². The second-order valence-corrected chi connectivity index (χ2v) is 5.99. The Morgan fingerprint density at radius 3 is 2.35 bits per heavy atom. The molecule has 0 aliphatic heterocycles. The summed E-state index contributed by atoms with van der Waals surface area (Å²) in [6.07, 6.45) is 2.75. The van der Waals surface area contributed by atoms with Gasteiger partial charge in [0, 0.05) is 25.8 Å². The molecule has 1 aromatic carbocycles. The second-order valence-electron chi connectivity index (χ2n) is 5.99. The van der Waals surface area contributed by atoms with Gasteiger partial charge in [-0.05, 0) is 37.3 Å². The van der Waals surface area contributed by atoms with Crippen molar-refractivity contribution in [2.75, 3.05) is 25.0 Å². The second kappa shape index (κ2) is 13.5. The molecule has 0 saturated heterocycles. The summed E-state index contributed by atoms with van der Waals surface area (Å²) in [6.45, 7) is 5.84. The average Bonchev–Trinajstić information content (AvgIpc) is 2.46. The van der Waals surface area contributed by atoms with E-state index in [1.54, 1.807) is 0 Å². The summed E-state index contributed by atoms with van der Waals surface area (Å²) in [5.74, 6) is 0.422. The largest absolute Gasteiger partial charge is 0.375 e. The van der Waals surface area contributed by atoms with Gasteiger partial charge in [0.25, 0.3) is 0 Å². The smallest absolute Gasteiger partial charge is 0.236 e. The van der Waals surface area contributed by atoms with Gasteiger partial charge in [-0.2, -0.15) is 0 Å². The van der Waals surface area contributed by atoms with E-state index >= 15 is 0 Å². The van der Waals surface area contributed by atoms with Crippen LogP contribution in [0, 0.1) is 5.92 Å². The molecule has 6 heteroatoms. The van der Waals surface area contributed by atoms with Crippen molar-refractivity contribution >= 4 is 36.4 Å². The maximum atomic E-state index is 11.8. The molecule has 0 fully saturated rings. The number of carbonyl (C=O) groups is 1. The molecular weight excluding hydrogens is 333 g/mol. The topological polar surface area (TPSA) is 58.4 Å². The Morgan fingerprint density at radius 2 is 1.78 bits per heavy atom. The molecule has 4 nitrogen and oxygen atoms in total. The fraction of sp³-hybridized carbons (Fsp3) is 0.588. The Kier molecular flexibility index (Phi) is 14.2. The maximum Gasteiger partial charge on any atom is 0.236 e. The van der Waals surface area contributed by atoms with Gasteiger partial charge in [-0.1, -0.05) is 32.0 Å². The van der Waals surface area contributed by atoms with Gasteiger partial charge in [0.2, 0.25) is 5.91 Å². The van der Waals surface area contributed by atoms with Gasteiger partial charge in [-0.15, -0.1) is 24.8 Å². The summed E-state index contributed by atoms with van der Waals surface area (Å²) in [4.78, 5) is 14.0. The zero-order valence-electron chi connectivity index (χ0n) is 14.3. The van der Waals surface area contributed by atoms with E-state index in [0.717, 1.165) is 25.8 Å². The highest BCUT2D eigenvalue weighted by Crippen LogP contribution is 2.11. The third-order valence-corrected chi connectivity index (χ3v) is 3.48. The molecule has 1 amide bonds. The predicted octanol–water partition coefficient (Wildman–Crippen LogP) is 3.24. The van der Waals surface area contributed by atoms with Crippen LogP contribution in [0.5, 0.6) is 0 Å². The van der Waals surface area contributed by atoms with E-state index in [0.29, 0.717) is 12.5 Å². The summed E-state index contributed by atoms with van der Waals surface area (Å²) in [7, 11) is 2.09. The van der Waals surface area contributed by atoms with E-state index in [1.165, 1.54) is 5.69 Å². The van der Waals surface area contributed by atoms with E-state index in [4.69, 9.17) is 5.73 Å². The van der Waals surface area contributed by atoms with Crippen molar-refractivity contribution in [1.82, 2.24) is 5.32 Å². The number of carbonyl (C=O) groups excluding carboxylic acids is 1. The average molecular weight is 364 g/mol. The molecule has 0 aliphatic carbocycles. The third kappa shape index (κ3) is 10.4. The number of amides is 1. The minimum absolute atomic E-state index is 0. The molecule has 0 unspecified atom stereocenters. The SMILES string of the molecule is CC(C)C[C@H](N)C(=O)NCCCCN(C)c1ccccc1.Cl.Cl. The number of nitrogens with two attached hydrogens (primary N) is 1. The van der Waals surface area contributed by atoms with Crippen molar-refractivity contribution in [3.63, 3.8) is 0 Å². The monoisotopic (exact) mass is 363 g/mol. The first-order chi connectivity index (χ1) is 10.0. The Labute approximate surface area is 153 Å². The van der Waals surface area contributed by atoms with E-state index in [9.17, 15) is 4.79 Å². The lowest BCUT2D eigenvalue weighted by molar-refractivity contribution is -0.122. The molecule has 0 spiro atoms. The standard InChI is InChI=1S/C17H29N3O.2ClH/c1-14(2)13-16(18)17(21)19-11-7-8-12-20(3)15-9-5-4-6-10-15;;/h4-6,9-10,14,16H,7-8,11-13,18H2,1-3H3,(H,19,21);2*1H/t16-;;/m0../s1. The number of rotatable bonds is 9. The molecule has 1 rings (SSSR count). The predicted molar refractivity (Wildman–Crippen MR) is 104 cm³/mol. The number of hydrogen-bond donors (Lipinski definition) is 2. The molecular formula is C17H31Cl2N3O. The van der Waals surface area contributed by atoms with Crippen molar-refractivity contribution in [3.05, 3.63) is 30.3 Å². The van der Waals surface area contributed by atoms with Crippen LogP contribution in [0.1, 0.15) is 33.1 Å². The summed E-state index contributed by atoms with van der Waals surface area (Å²) >= 11 is 0. The highest BCUT2D eigenvalue weighted by atomic mass is 35.5. The molecule has 3 N–H and O–H groups in total. The quantitative estimate of drug-likeness (QED) is 0.662. The highest BCUT2D eigenvalue weighted by molar-refractivity contribution is 5.85. The molecule has 134 valence electrons. The van der Waals surface area contributed by atoms with Crippen LogP contribution in [0.4, 0.5) is 5.69 Å². The zero-order chi connectivity index (χ0) is 15.7. The number of nitrogens with zero attached hydrogens (tertiary/aromatic N) is 1. The van der Waals surface area contributed by atoms with Crippen LogP contribution in [0.15, 0.2) is 30.3 Å².